The Hall–Kier alpha value is -2.83. The van der Waals surface area contributed by atoms with Gasteiger partial charge in [-0.25, -0.2) is 14.4 Å². The van der Waals surface area contributed by atoms with Gasteiger partial charge in [-0.2, -0.15) is 0 Å². The maximum absolute atomic E-state index is 13.3. The molecule has 0 spiro atoms. The van der Waals surface area contributed by atoms with E-state index in [-0.39, 0.29) is 5.91 Å². The largest absolute Gasteiger partial charge is 0.338 e. The fourth-order valence-electron chi connectivity index (χ4n) is 3.25. The number of hydrogen-bond donors (Lipinski definition) is 0. The number of carbonyl (C=O) groups is 1. The number of rotatable bonds is 2. The maximum atomic E-state index is 13.3. The van der Waals surface area contributed by atoms with Crippen LogP contribution >= 0.6 is 0 Å². The Balaban J connectivity index is 1.71. The number of carbonyl (C=O) groups excluding carboxylic acids is 1. The second kappa shape index (κ2) is 6.23. The molecule has 0 saturated carbocycles. The van der Waals surface area contributed by atoms with Gasteiger partial charge in [-0.3, -0.25) is 14.3 Å². The molecule has 1 fully saturated rings. The van der Waals surface area contributed by atoms with Crippen molar-refractivity contribution < 1.29 is 9.18 Å². The van der Waals surface area contributed by atoms with Gasteiger partial charge < -0.3 is 4.90 Å². The Labute approximate surface area is 144 Å². The molecule has 25 heavy (non-hydrogen) atoms. The van der Waals surface area contributed by atoms with Crippen LogP contribution in [0.1, 0.15) is 28.8 Å². The molecule has 0 bridgehead atoms. The minimum Gasteiger partial charge on any atom is -0.338 e. The zero-order chi connectivity index (χ0) is 17.4. The van der Waals surface area contributed by atoms with Crippen LogP contribution < -0.4 is 0 Å². The molecule has 0 N–H and O–H groups in total. The molecule has 4 rings (SSSR count). The average molecular weight is 339 g/mol. The highest BCUT2D eigenvalue weighted by atomic mass is 19.1. The SMILES string of the molecule is Cc1c(C(=O)N2CCC(F)CC2)cnc2c1ccn2-c1cnccn1. The maximum Gasteiger partial charge on any atom is 0.255 e. The van der Waals surface area contributed by atoms with E-state index in [1.807, 2.05) is 23.8 Å². The lowest BCUT2D eigenvalue weighted by Crippen LogP contribution is -2.39. The third kappa shape index (κ3) is 2.75. The van der Waals surface area contributed by atoms with Gasteiger partial charge in [0.25, 0.3) is 5.91 Å². The first-order valence-electron chi connectivity index (χ1n) is 8.31. The first-order valence-corrected chi connectivity index (χ1v) is 8.31. The smallest absolute Gasteiger partial charge is 0.255 e. The lowest BCUT2D eigenvalue weighted by atomic mass is 10.0. The molecule has 1 aliphatic heterocycles. The van der Waals surface area contributed by atoms with Crippen LogP contribution in [-0.4, -0.2) is 49.6 Å². The molecule has 1 saturated heterocycles. The minimum absolute atomic E-state index is 0.0777. The van der Waals surface area contributed by atoms with Gasteiger partial charge in [-0.05, 0) is 31.4 Å². The van der Waals surface area contributed by atoms with Crippen molar-refractivity contribution >= 4 is 16.9 Å². The fraction of sp³-hybridized carbons (Fsp3) is 0.333. The van der Waals surface area contributed by atoms with Crippen molar-refractivity contribution in [3.05, 3.63) is 48.2 Å². The summed E-state index contributed by atoms with van der Waals surface area (Å²) in [6.45, 7) is 2.83. The van der Waals surface area contributed by atoms with Crippen molar-refractivity contribution in [2.24, 2.45) is 0 Å². The molecule has 7 heteroatoms. The Morgan fingerprint density at radius 1 is 1.20 bits per heavy atom. The highest BCUT2D eigenvalue weighted by Crippen LogP contribution is 2.25. The number of aromatic nitrogens is 4. The van der Waals surface area contributed by atoms with Gasteiger partial charge in [0.05, 0.1) is 11.8 Å². The summed E-state index contributed by atoms with van der Waals surface area (Å²) in [5.41, 5.74) is 2.18. The third-order valence-corrected chi connectivity index (χ3v) is 4.72. The van der Waals surface area contributed by atoms with E-state index in [0.717, 1.165) is 16.6 Å². The van der Waals surface area contributed by atoms with Gasteiger partial charge in [-0.15, -0.1) is 0 Å². The molecular weight excluding hydrogens is 321 g/mol. The van der Waals surface area contributed by atoms with Crippen molar-refractivity contribution in [2.45, 2.75) is 25.9 Å². The number of halogens is 1. The molecule has 6 nitrogen and oxygen atoms in total. The van der Waals surface area contributed by atoms with Gasteiger partial charge in [-0.1, -0.05) is 0 Å². The molecule has 0 aromatic carbocycles. The van der Waals surface area contributed by atoms with Crippen molar-refractivity contribution in [2.75, 3.05) is 13.1 Å². The number of nitrogens with zero attached hydrogens (tertiary/aromatic N) is 5. The normalized spacial score (nSPS) is 15.7. The summed E-state index contributed by atoms with van der Waals surface area (Å²) in [6.07, 6.45) is 8.40. The number of piperidine rings is 1. The fourth-order valence-corrected chi connectivity index (χ4v) is 3.25. The molecule has 4 heterocycles. The summed E-state index contributed by atoms with van der Waals surface area (Å²) < 4.78 is 15.2. The molecular formula is C18H18FN5O. The zero-order valence-electron chi connectivity index (χ0n) is 13.9. The van der Waals surface area contributed by atoms with E-state index >= 15 is 0 Å². The summed E-state index contributed by atoms with van der Waals surface area (Å²) in [5.74, 6) is 0.597. The molecule has 1 amide bonds. The van der Waals surface area contributed by atoms with Gasteiger partial charge in [0.1, 0.15) is 11.8 Å². The average Bonchev–Trinajstić information content (AvgIpc) is 3.08. The van der Waals surface area contributed by atoms with Crippen LogP contribution in [0.3, 0.4) is 0 Å². The van der Waals surface area contributed by atoms with E-state index in [1.54, 1.807) is 29.7 Å². The number of aryl methyl sites for hydroxylation is 1. The van der Waals surface area contributed by atoms with Gasteiger partial charge in [0.2, 0.25) is 0 Å². The first kappa shape index (κ1) is 15.7. The van der Waals surface area contributed by atoms with Crippen LogP contribution in [0.5, 0.6) is 0 Å². The lowest BCUT2D eigenvalue weighted by Gasteiger charge is -2.29. The van der Waals surface area contributed by atoms with Crippen molar-refractivity contribution in [1.82, 2.24) is 24.4 Å². The zero-order valence-corrected chi connectivity index (χ0v) is 13.9. The Kier molecular flexibility index (Phi) is 3.91. The third-order valence-electron chi connectivity index (χ3n) is 4.72. The van der Waals surface area contributed by atoms with E-state index in [4.69, 9.17) is 0 Å². The molecule has 3 aromatic heterocycles. The van der Waals surface area contributed by atoms with Crippen LogP contribution in [0.4, 0.5) is 4.39 Å². The molecule has 0 radical (unpaired) electrons. The first-order chi connectivity index (χ1) is 12.1. The summed E-state index contributed by atoms with van der Waals surface area (Å²) in [6, 6.07) is 1.93. The summed E-state index contributed by atoms with van der Waals surface area (Å²) in [7, 11) is 0. The van der Waals surface area contributed by atoms with E-state index in [0.29, 0.717) is 37.3 Å². The molecule has 3 aromatic rings. The van der Waals surface area contributed by atoms with Crippen LogP contribution in [0.2, 0.25) is 0 Å². The van der Waals surface area contributed by atoms with Gasteiger partial charge >= 0.3 is 0 Å². The Bertz CT molecular complexity index is 916. The highest BCUT2D eigenvalue weighted by Gasteiger charge is 2.25. The number of fused-ring (bicyclic) bond motifs is 1. The second-order valence-electron chi connectivity index (χ2n) is 6.25. The molecule has 0 aliphatic carbocycles. The van der Waals surface area contributed by atoms with E-state index < -0.39 is 6.17 Å². The van der Waals surface area contributed by atoms with Crippen molar-refractivity contribution in [3.8, 4) is 5.82 Å². The van der Waals surface area contributed by atoms with E-state index in [1.165, 1.54) is 0 Å². The van der Waals surface area contributed by atoms with Crippen molar-refractivity contribution in [1.29, 1.82) is 0 Å². The number of likely N-dealkylation sites (tertiary alicyclic amines) is 1. The summed E-state index contributed by atoms with van der Waals surface area (Å²) in [4.78, 5) is 27.3. The number of pyridine rings is 1. The topological polar surface area (TPSA) is 63.9 Å². The molecule has 0 unspecified atom stereocenters. The Morgan fingerprint density at radius 2 is 2.00 bits per heavy atom. The molecule has 1 aliphatic rings. The van der Waals surface area contributed by atoms with Crippen LogP contribution in [-0.2, 0) is 0 Å². The van der Waals surface area contributed by atoms with E-state index in [9.17, 15) is 9.18 Å². The van der Waals surface area contributed by atoms with Crippen molar-refractivity contribution in [3.63, 3.8) is 0 Å². The lowest BCUT2D eigenvalue weighted by molar-refractivity contribution is 0.0666. The standard InChI is InChI=1S/C18H18FN5O/c1-12-14-4-9-24(16-11-20-5-6-21-16)17(14)22-10-15(12)18(25)23-7-2-13(19)3-8-23/h4-6,9-11,13H,2-3,7-8H2,1H3. The predicted molar refractivity (Wildman–Crippen MR) is 91.4 cm³/mol. The molecule has 0 atom stereocenters. The van der Waals surface area contributed by atoms with Crippen LogP contribution in [0.15, 0.2) is 37.1 Å². The van der Waals surface area contributed by atoms with Crippen LogP contribution in [0, 0.1) is 6.92 Å². The van der Waals surface area contributed by atoms with Crippen LogP contribution in [0.25, 0.3) is 16.9 Å². The number of amides is 1. The number of hydrogen-bond acceptors (Lipinski definition) is 4. The highest BCUT2D eigenvalue weighted by molar-refractivity contribution is 5.99. The monoisotopic (exact) mass is 339 g/mol. The molecule has 128 valence electrons. The number of alkyl halides is 1. The second-order valence-corrected chi connectivity index (χ2v) is 6.25. The summed E-state index contributed by atoms with van der Waals surface area (Å²) in [5, 5.41) is 0.900. The summed E-state index contributed by atoms with van der Waals surface area (Å²) >= 11 is 0. The Morgan fingerprint density at radius 3 is 2.72 bits per heavy atom. The van der Waals surface area contributed by atoms with Gasteiger partial charge in [0.15, 0.2) is 5.82 Å². The quantitative estimate of drug-likeness (QED) is 0.720. The van der Waals surface area contributed by atoms with Gasteiger partial charge in [0, 0.05) is 43.3 Å². The van der Waals surface area contributed by atoms with E-state index in [2.05, 4.69) is 15.0 Å². The predicted octanol–water partition coefficient (Wildman–Crippen LogP) is 2.70. The minimum atomic E-state index is -0.799.